The Bertz CT molecular complexity index is 565. The molecule has 6 nitrogen and oxygen atoms in total. The monoisotopic (exact) mass is 262 g/mol. The van der Waals surface area contributed by atoms with Crippen molar-refractivity contribution in [3.63, 3.8) is 0 Å². The highest BCUT2D eigenvalue weighted by Crippen LogP contribution is 2.13. The molecule has 1 aromatic heterocycles. The van der Waals surface area contributed by atoms with Crippen LogP contribution in [0, 0.1) is 0 Å². The van der Waals surface area contributed by atoms with Crippen LogP contribution in [0.15, 0.2) is 34.9 Å². The van der Waals surface area contributed by atoms with E-state index in [2.05, 4.69) is 10.5 Å². The SMILES string of the molecule is COc1cccc(CNC(=O)c2cc(OC)no2)c1. The van der Waals surface area contributed by atoms with Gasteiger partial charge in [-0.25, -0.2) is 0 Å². The zero-order chi connectivity index (χ0) is 13.7. The van der Waals surface area contributed by atoms with Crippen LogP contribution in [0.4, 0.5) is 0 Å². The van der Waals surface area contributed by atoms with Gasteiger partial charge < -0.3 is 19.3 Å². The molecular formula is C13H14N2O4. The van der Waals surface area contributed by atoms with Crippen molar-refractivity contribution in [1.29, 1.82) is 0 Å². The highest BCUT2D eigenvalue weighted by molar-refractivity contribution is 5.91. The van der Waals surface area contributed by atoms with Crippen molar-refractivity contribution >= 4 is 5.91 Å². The van der Waals surface area contributed by atoms with Gasteiger partial charge in [0, 0.05) is 6.54 Å². The van der Waals surface area contributed by atoms with Gasteiger partial charge in [-0.15, -0.1) is 0 Å². The van der Waals surface area contributed by atoms with Gasteiger partial charge in [0.15, 0.2) is 0 Å². The van der Waals surface area contributed by atoms with E-state index in [1.54, 1.807) is 7.11 Å². The quantitative estimate of drug-likeness (QED) is 0.886. The number of benzene rings is 1. The average Bonchev–Trinajstić information content (AvgIpc) is 2.94. The van der Waals surface area contributed by atoms with Crippen molar-refractivity contribution in [1.82, 2.24) is 10.5 Å². The number of carbonyl (C=O) groups excluding carboxylic acids is 1. The fourth-order valence-corrected chi connectivity index (χ4v) is 1.51. The summed E-state index contributed by atoms with van der Waals surface area (Å²) in [4.78, 5) is 11.8. The molecule has 100 valence electrons. The predicted molar refractivity (Wildman–Crippen MR) is 67.2 cm³/mol. The van der Waals surface area contributed by atoms with Crippen molar-refractivity contribution in [3.8, 4) is 11.6 Å². The van der Waals surface area contributed by atoms with Crippen molar-refractivity contribution in [3.05, 3.63) is 41.7 Å². The molecule has 0 fully saturated rings. The van der Waals surface area contributed by atoms with Gasteiger partial charge in [0.25, 0.3) is 11.8 Å². The summed E-state index contributed by atoms with van der Waals surface area (Å²) < 4.78 is 14.8. The molecular weight excluding hydrogens is 248 g/mol. The summed E-state index contributed by atoms with van der Waals surface area (Å²) in [6, 6.07) is 8.87. The number of amides is 1. The van der Waals surface area contributed by atoms with Crippen molar-refractivity contribution in [2.24, 2.45) is 0 Å². The topological polar surface area (TPSA) is 73.6 Å². The summed E-state index contributed by atoms with van der Waals surface area (Å²) in [5, 5.41) is 6.28. The number of hydrogen-bond acceptors (Lipinski definition) is 5. The first-order chi connectivity index (χ1) is 9.22. The Morgan fingerprint density at radius 1 is 1.32 bits per heavy atom. The van der Waals surface area contributed by atoms with E-state index in [9.17, 15) is 4.79 Å². The Labute approximate surface area is 110 Å². The van der Waals surface area contributed by atoms with Gasteiger partial charge in [-0.05, 0) is 22.9 Å². The maximum absolute atomic E-state index is 11.8. The highest BCUT2D eigenvalue weighted by atomic mass is 16.5. The third-order valence-electron chi connectivity index (χ3n) is 2.51. The molecule has 0 unspecified atom stereocenters. The lowest BCUT2D eigenvalue weighted by molar-refractivity contribution is 0.0913. The van der Waals surface area contributed by atoms with Crippen molar-refractivity contribution in [2.75, 3.05) is 14.2 Å². The standard InChI is InChI=1S/C13H14N2O4/c1-17-10-5-3-4-9(6-10)8-14-13(16)11-7-12(18-2)15-19-11/h3-7H,8H2,1-2H3,(H,14,16). The average molecular weight is 262 g/mol. The summed E-state index contributed by atoms with van der Waals surface area (Å²) in [6.07, 6.45) is 0. The number of carbonyl (C=O) groups is 1. The summed E-state index contributed by atoms with van der Waals surface area (Å²) in [6.45, 7) is 0.374. The molecule has 1 N–H and O–H groups in total. The molecule has 1 amide bonds. The minimum absolute atomic E-state index is 0.111. The number of aromatic nitrogens is 1. The first-order valence-electron chi connectivity index (χ1n) is 5.64. The Balaban J connectivity index is 1.96. The number of rotatable bonds is 5. The number of methoxy groups -OCH3 is 2. The van der Waals surface area contributed by atoms with Crippen LogP contribution in [-0.4, -0.2) is 25.3 Å². The zero-order valence-electron chi connectivity index (χ0n) is 10.7. The molecule has 1 aromatic carbocycles. The van der Waals surface area contributed by atoms with E-state index in [0.29, 0.717) is 6.54 Å². The summed E-state index contributed by atoms with van der Waals surface area (Å²) >= 11 is 0. The summed E-state index contributed by atoms with van der Waals surface area (Å²) in [5.74, 6) is 0.776. The maximum atomic E-state index is 11.8. The second-order valence-electron chi connectivity index (χ2n) is 3.77. The fraction of sp³-hybridized carbons (Fsp3) is 0.231. The second kappa shape index (κ2) is 5.90. The fourth-order valence-electron chi connectivity index (χ4n) is 1.51. The van der Waals surface area contributed by atoms with Crippen LogP contribution in [0.5, 0.6) is 11.6 Å². The van der Waals surface area contributed by atoms with Crippen LogP contribution in [0.2, 0.25) is 0 Å². The van der Waals surface area contributed by atoms with Gasteiger partial charge in [-0.3, -0.25) is 4.79 Å². The lowest BCUT2D eigenvalue weighted by atomic mass is 10.2. The molecule has 1 heterocycles. The van der Waals surface area contributed by atoms with Crippen molar-refractivity contribution in [2.45, 2.75) is 6.54 Å². The molecule has 0 atom stereocenters. The van der Waals surface area contributed by atoms with Crippen LogP contribution >= 0.6 is 0 Å². The zero-order valence-corrected chi connectivity index (χ0v) is 10.7. The molecule has 0 saturated carbocycles. The van der Waals surface area contributed by atoms with Gasteiger partial charge in [-0.1, -0.05) is 12.1 Å². The largest absolute Gasteiger partial charge is 0.497 e. The third-order valence-corrected chi connectivity index (χ3v) is 2.51. The maximum Gasteiger partial charge on any atom is 0.290 e. The molecule has 0 aliphatic rings. The molecule has 0 aliphatic heterocycles. The van der Waals surface area contributed by atoms with Gasteiger partial charge in [0.2, 0.25) is 5.76 Å². The number of hydrogen-bond donors (Lipinski definition) is 1. The smallest absolute Gasteiger partial charge is 0.290 e. The Morgan fingerprint density at radius 2 is 2.16 bits per heavy atom. The van der Waals surface area contributed by atoms with Gasteiger partial charge in [0.1, 0.15) is 5.75 Å². The molecule has 6 heteroatoms. The third kappa shape index (κ3) is 3.25. The minimum atomic E-state index is -0.349. The van der Waals surface area contributed by atoms with E-state index in [1.807, 2.05) is 24.3 Å². The normalized spacial score (nSPS) is 10.0. The van der Waals surface area contributed by atoms with E-state index >= 15 is 0 Å². The van der Waals surface area contributed by atoms with Crippen LogP contribution in [0.1, 0.15) is 16.1 Å². The Kier molecular flexibility index (Phi) is 4.02. The van der Waals surface area contributed by atoms with E-state index < -0.39 is 0 Å². The van der Waals surface area contributed by atoms with E-state index in [1.165, 1.54) is 13.2 Å². The number of ether oxygens (including phenoxy) is 2. The van der Waals surface area contributed by atoms with E-state index in [0.717, 1.165) is 11.3 Å². The van der Waals surface area contributed by atoms with Gasteiger partial charge in [0.05, 0.1) is 20.3 Å². The number of nitrogens with one attached hydrogen (secondary N) is 1. The summed E-state index contributed by atoms with van der Waals surface area (Å²) in [7, 11) is 3.05. The lowest BCUT2D eigenvalue weighted by Gasteiger charge is -2.05. The van der Waals surface area contributed by atoms with Gasteiger partial charge >= 0.3 is 0 Å². The molecule has 0 spiro atoms. The second-order valence-corrected chi connectivity index (χ2v) is 3.77. The predicted octanol–water partition coefficient (Wildman–Crippen LogP) is 1.62. The molecule has 0 bridgehead atoms. The Hall–Kier alpha value is -2.50. The van der Waals surface area contributed by atoms with E-state index in [-0.39, 0.29) is 17.5 Å². The summed E-state index contributed by atoms with van der Waals surface area (Å²) in [5.41, 5.74) is 0.930. The molecule has 2 aromatic rings. The van der Waals surface area contributed by atoms with Crippen LogP contribution < -0.4 is 14.8 Å². The number of nitrogens with zero attached hydrogens (tertiary/aromatic N) is 1. The van der Waals surface area contributed by atoms with E-state index in [4.69, 9.17) is 14.0 Å². The van der Waals surface area contributed by atoms with Gasteiger partial charge in [-0.2, -0.15) is 0 Å². The van der Waals surface area contributed by atoms with Crippen LogP contribution in [0.3, 0.4) is 0 Å². The minimum Gasteiger partial charge on any atom is -0.497 e. The highest BCUT2D eigenvalue weighted by Gasteiger charge is 2.12. The molecule has 0 radical (unpaired) electrons. The molecule has 2 rings (SSSR count). The lowest BCUT2D eigenvalue weighted by Crippen LogP contribution is -2.22. The van der Waals surface area contributed by atoms with Crippen molar-refractivity contribution < 1.29 is 18.8 Å². The molecule has 19 heavy (non-hydrogen) atoms. The first kappa shape index (κ1) is 12.9. The van der Waals surface area contributed by atoms with Crippen LogP contribution in [-0.2, 0) is 6.54 Å². The molecule has 0 aliphatic carbocycles. The van der Waals surface area contributed by atoms with Crippen LogP contribution in [0.25, 0.3) is 0 Å². The Morgan fingerprint density at radius 3 is 2.84 bits per heavy atom. The molecule has 0 saturated heterocycles. The first-order valence-corrected chi connectivity index (χ1v) is 5.64.